The average Bonchev–Trinajstić information content (AvgIpc) is 2.02. The van der Waals surface area contributed by atoms with Crippen molar-refractivity contribution in [3.8, 4) is 0 Å². The zero-order valence-corrected chi connectivity index (χ0v) is 9.11. The predicted octanol–water partition coefficient (Wildman–Crippen LogP) is 3.62. The van der Waals surface area contributed by atoms with E-state index in [-0.39, 0.29) is 18.2 Å². The highest BCUT2D eigenvalue weighted by Crippen LogP contribution is 2.50. The third-order valence-electron chi connectivity index (χ3n) is 2.15. The van der Waals surface area contributed by atoms with Crippen LogP contribution in [0.1, 0.15) is 34.1 Å². The van der Waals surface area contributed by atoms with Crippen molar-refractivity contribution < 1.29 is 13.3 Å². The molecular weight excluding hydrogens is 178 g/mol. The zero-order valence-electron chi connectivity index (χ0n) is 8.21. The van der Waals surface area contributed by atoms with Crippen LogP contribution >= 0.6 is 7.68 Å². The van der Waals surface area contributed by atoms with Crippen LogP contribution in [0.2, 0.25) is 0 Å². The van der Waals surface area contributed by atoms with Gasteiger partial charge in [0, 0.05) is 0 Å². The summed E-state index contributed by atoms with van der Waals surface area (Å²) in [5.41, 5.74) is 0. The maximum Gasteiger partial charge on any atom is 0.367 e. The largest absolute Gasteiger partial charge is 0.367 e. The fourth-order valence-electron chi connectivity index (χ4n) is 0.759. The van der Waals surface area contributed by atoms with Crippen molar-refractivity contribution in [2.24, 2.45) is 5.92 Å². The summed E-state index contributed by atoms with van der Waals surface area (Å²) in [7, 11) is -3.80. The van der Waals surface area contributed by atoms with E-state index >= 15 is 0 Å². The molecule has 0 aromatic heterocycles. The zero-order chi connectivity index (χ0) is 9.78. The summed E-state index contributed by atoms with van der Waals surface area (Å²) >= 11 is 0. The van der Waals surface area contributed by atoms with Crippen LogP contribution in [0, 0.1) is 5.92 Å². The van der Waals surface area contributed by atoms with Crippen molar-refractivity contribution in [2.75, 3.05) is 6.16 Å². The quantitative estimate of drug-likeness (QED) is 0.628. The van der Waals surface area contributed by atoms with Gasteiger partial charge in [0.15, 0.2) is 0 Å². The second-order valence-corrected chi connectivity index (χ2v) is 5.13. The van der Waals surface area contributed by atoms with Gasteiger partial charge in [0.2, 0.25) is 0 Å². The summed E-state index contributed by atoms with van der Waals surface area (Å²) < 4.78 is 28.7. The second kappa shape index (κ2) is 4.98. The SMILES string of the molecule is CCC(C)C(C)OP(=O)(F)CC. The van der Waals surface area contributed by atoms with Crippen LogP contribution in [-0.4, -0.2) is 12.3 Å². The van der Waals surface area contributed by atoms with Gasteiger partial charge in [0.25, 0.3) is 0 Å². The van der Waals surface area contributed by atoms with Gasteiger partial charge in [-0.25, -0.2) is 0 Å². The Hall–Kier alpha value is 0.120. The molecule has 0 saturated heterocycles. The van der Waals surface area contributed by atoms with E-state index in [4.69, 9.17) is 4.52 Å². The summed E-state index contributed by atoms with van der Waals surface area (Å²) in [6.07, 6.45) is 0.615. The highest BCUT2D eigenvalue weighted by molar-refractivity contribution is 7.53. The minimum absolute atomic E-state index is 0.0340. The van der Waals surface area contributed by atoms with Crippen LogP contribution in [0.3, 0.4) is 0 Å². The van der Waals surface area contributed by atoms with Crippen LogP contribution in [-0.2, 0) is 9.09 Å². The second-order valence-electron chi connectivity index (χ2n) is 3.10. The van der Waals surface area contributed by atoms with Crippen LogP contribution in [0.15, 0.2) is 0 Å². The first-order valence-corrected chi connectivity index (χ1v) is 6.10. The Bertz CT molecular complexity index is 172. The molecule has 0 aliphatic heterocycles. The normalized spacial score (nSPS) is 21.4. The number of halogens is 1. The van der Waals surface area contributed by atoms with E-state index in [0.717, 1.165) is 6.42 Å². The Balaban J connectivity index is 3.99. The molecule has 0 amide bonds. The molecule has 0 aromatic carbocycles. The van der Waals surface area contributed by atoms with Crippen molar-refractivity contribution in [1.29, 1.82) is 0 Å². The Morgan fingerprint density at radius 1 is 1.42 bits per heavy atom. The van der Waals surface area contributed by atoms with Crippen LogP contribution in [0.5, 0.6) is 0 Å². The summed E-state index contributed by atoms with van der Waals surface area (Å²) in [6, 6.07) is 0. The van der Waals surface area contributed by atoms with Gasteiger partial charge in [-0.05, 0) is 12.8 Å². The summed E-state index contributed by atoms with van der Waals surface area (Å²) in [4.78, 5) is 0. The topological polar surface area (TPSA) is 26.3 Å². The van der Waals surface area contributed by atoms with E-state index in [0.29, 0.717) is 0 Å². The van der Waals surface area contributed by atoms with Gasteiger partial charge >= 0.3 is 7.68 Å². The predicted molar refractivity (Wildman–Crippen MR) is 49.3 cm³/mol. The molecule has 0 spiro atoms. The Morgan fingerprint density at radius 3 is 2.25 bits per heavy atom. The average molecular weight is 196 g/mol. The molecule has 0 radical (unpaired) electrons. The minimum Gasteiger partial charge on any atom is -0.302 e. The molecular formula is C8H18FO2P. The molecule has 0 fully saturated rings. The molecule has 3 atom stereocenters. The molecule has 0 aromatic rings. The molecule has 0 aliphatic carbocycles. The fourth-order valence-corrected chi connectivity index (χ4v) is 1.61. The molecule has 0 heterocycles. The Morgan fingerprint density at radius 2 is 1.92 bits per heavy atom. The first kappa shape index (κ1) is 12.1. The maximum absolute atomic E-state index is 12.9. The standard InChI is InChI=1S/C8H18FO2P/c1-5-7(3)8(4)11-12(9,10)6-2/h7-8H,5-6H2,1-4H3. The van der Waals surface area contributed by atoms with E-state index in [2.05, 4.69) is 0 Å². The lowest BCUT2D eigenvalue weighted by Gasteiger charge is -2.20. The summed E-state index contributed by atoms with van der Waals surface area (Å²) in [5.74, 6) is 0.251. The lowest BCUT2D eigenvalue weighted by molar-refractivity contribution is 0.149. The molecule has 0 saturated carbocycles. The highest BCUT2D eigenvalue weighted by Gasteiger charge is 2.24. The van der Waals surface area contributed by atoms with Crippen molar-refractivity contribution in [2.45, 2.75) is 40.2 Å². The van der Waals surface area contributed by atoms with Gasteiger partial charge < -0.3 is 4.52 Å². The van der Waals surface area contributed by atoms with E-state index in [9.17, 15) is 8.76 Å². The fraction of sp³-hybridized carbons (Fsp3) is 1.00. The molecule has 0 aliphatic rings. The Labute approximate surface area is 74.1 Å². The van der Waals surface area contributed by atoms with E-state index in [1.165, 1.54) is 6.92 Å². The molecule has 0 rings (SSSR count). The first-order valence-electron chi connectivity index (χ1n) is 4.40. The molecule has 3 unspecified atom stereocenters. The highest BCUT2D eigenvalue weighted by atomic mass is 31.2. The molecule has 0 bridgehead atoms. The maximum atomic E-state index is 12.9. The molecule has 74 valence electrons. The smallest absolute Gasteiger partial charge is 0.302 e. The lowest BCUT2D eigenvalue weighted by Crippen LogP contribution is -2.15. The van der Waals surface area contributed by atoms with Crippen molar-refractivity contribution >= 4 is 7.68 Å². The summed E-state index contributed by atoms with van der Waals surface area (Å²) in [6.45, 7) is 7.25. The number of rotatable bonds is 5. The lowest BCUT2D eigenvalue weighted by atomic mass is 10.0. The van der Waals surface area contributed by atoms with Crippen LogP contribution < -0.4 is 0 Å². The van der Waals surface area contributed by atoms with E-state index in [1.807, 2.05) is 13.8 Å². The van der Waals surface area contributed by atoms with Gasteiger partial charge in [-0.2, -0.15) is 4.20 Å². The Kier molecular flexibility index (Phi) is 5.03. The van der Waals surface area contributed by atoms with Gasteiger partial charge in [0.1, 0.15) is 0 Å². The minimum atomic E-state index is -3.80. The van der Waals surface area contributed by atoms with Crippen molar-refractivity contribution in [3.05, 3.63) is 0 Å². The van der Waals surface area contributed by atoms with E-state index < -0.39 is 7.68 Å². The first-order chi connectivity index (χ1) is 5.43. The third-order valence-corrected chi connectivity index (χ3v) is 3.55. The molecule has 2 nitrogen and oxygen atoms in total. The van der Waals surface area contributed by atoms with Gasteiger partial charge in [-0.3, -0.25) is 4.57 Å². The number of hydrogen-bond acceptors (Lipinski definition) is 2. The molecule has 0 N–H and O–H groups in total. The van der Waals surface area contributed by atoms with Gasteiger partial charge in [0.05, 0.1) is 12.3 Å². The van der Waals surface area contributed by atoms with Crippen LogP contribution in [0.4, 0.5) is 4.20 Å². The van der Waals surface area contributed by atoms with Crippen molar-refractivity contribution in [1.82, 2.24) is 0 Å². The van der Waals surface area contributed by atoms with E-state index in [1.54, 1.807) is 6.92 Å². The monoisotopic (exact) mass is 196 g/mol. The molecule has 4 heteroatoms. The van der Waals surface area contributed by atoms with Crippen molar-refractivity contribution in [3.63, 3.8) is 0 Å². The van der Waals surface area contributed by atoms with Gasteiger partial charge in [-0.1, -0.05) is 27.2 Å². The van der Waals surface area contributed by atoms with Gasteiger partial charge in [-0.15, -0.1) is 0 Å². The third kappa shape index (κ3) is 4.22. The molecule has 12 heavy (non-hydrogen) atoms. The number of hydrogen-bond donors (Lipinski definition) is 0. The van der Waals surface area contributed by atoms with Crippen LogP contribution in [0.25, 0.3) is 0 Å². The summed E-state index contributed by atoms with van der Waals surface area (Å²) in [5, 5.41) is 0.